The third-order valence-corrected chi connectivity index (χ3v) is 4.11. The summed E-state index contributed by atoms with van der Waals surface area (Å²) in [7, 11) is 0. The molecule has 0 aliphatic carbocycles. The van der Waals surface area contributed by atoms with Crippen LogP contribution in [0, 0.1) is 5.82 Å². The summed E-state index contributed by atoms with van der Waals surface area (Å²) in [4.78, 5) is 24.5. The second-order valence-electron chi connectivity index (χ2n) is 5.00. The normalized spacial score (nSPS) is 10.2. The third kappa shape index (κ3) is 5.38. The van der Waals surface area contributed by atoms with E-state index in [4.69, 9.17) is 4.74 Å². The molecule has 24 heavy (non-hydrogen) atoms. The molecule has 1 N–H and O–H groups in total. The van der Waals surface area contributed by atoms with Gasteiger partial charge in [-0.05, 0) is 42.5 Å². The smallest absolute Gasteiger partial charge is 0.339 e. The Labute approximate surface area is 144 Å². The molecule has 2 aromatic rings. The molecule has 2 rings (SSSR count). The minimum Gasteiger partial charge on any atom is -0.452 e. The van der Waals surface area contributed by atoms with Crippen LogP contribution in [0.25, 0.3) is 0 Å². The Bertz CT molecular complexity index is 704. The molecule has 2 aromatic carbocycles. The fourth-order valence-corrected chi connectivity index (χ4v) is 2.66. The van der Waals surface area contributed by atoms with Gasteiger partial charge in [-0.25, -0.2) is 9.18 Å². The van der Waals surface area contributed by atoms with Crippen molar-refractivity contribution in [1.29, 1.82) is 0 Å². The molecule has 0 fully saturated rings. The number of carbonyl (C=O) groups excluding carboxylic acids is 2. The molecule has 0 heterocycles. The molecule has 0 aromatic heterocycles. The van der Waals surface area contributed by atoms with Gasteiger partial charge in [0, 0.05) is 11.4 Å². The number of hydrogen-bond acceptors (Lipinski definition) is 4. The molecule has 0 spiro atoms. The summed E-state index contributed by atoms with van der Waals surface area (Å²) in [6.45, 7) is 0.0639. The largest absolute Gasteiger partial charge is 0.452 e. The van der Waals surface area contributed by atoms with E-state index in [0.717, 1.165) is 10.5 Å². The molecule has 0 aliphatic rings. The van der Waals surface area contributed by atoms with Crippen LogP contribution in [0.4, 0.5) is 4.39 Å². The second kappa shape index (κ2) is 9.08. The van der Waals surface area contributed by atoms with Crippen molar-refractivity contribution in [2.24, 2.45) is 0 Å². The van der Waals surface area contributed by atoms with Crippen LogP contribution in [0.2, 0.25) is 0 Å². The van der Waals surface area contributed by atoms with Crippen LogP contribution in [-0.2, 0) is 16.0 Å². The van der Waals surface area contributed by atoms with Gasteiger partial charge in [0.2, 0.25) is 0 Å². The van der Waals surface area contributed by atoms with Crippen molar-refractivity contribution >= 4 is 23.6 Å². The van der Waals surface area contributed by atoms with Gasteiger partial charge in [-0.3, -0.25) is 4.79 Å². The van der Waals surface area contributed by atoms with Gasteiger partial charge in [0.15, 0.2) is 6.61 Å². The zero-order valence-electron chi connectivity index (χ0n) is 13.3. The van der Waals surface area contributed by atoms with E-state index in [1.165, 1.54) is 23.9 Å². The summed E-state index contributed by atoms with van der Waals surface area (Å²) >= 11 is 1.44. The van der Waals surface area contributed by atoms with Crippen LogP contribution in [0.1, 0.15) is 15.9 Å². The average molecular weight is 347 g/mol. The maximum Gasteiger partial charge on any atom is 0.339 e. The molecule has 0 saturated heterocycles. The van der Waals surface area contributed by atoms with Gasteiger partial charge in [-0.2, -0.15) is 0 Å². The topological polar surface area (TPSA) is 55.4 Å². The lowest BCUT2D eigenvalue weighted by molar-refractivity contribution is -0.124. The summed E-state index contributed by atoms with van der Waals surface area (Å²) < 4.78 is 17.8. The highest BCUT2D eigenvalue weighted by Crippen LogP contribution is 2.20. The molecule has 126 valence electrons. The predicted molar refractivity (Wildman–Crippen MR) is 91.6 cm³/mol. The maximum absolute atomic E-state index is 12.8. The molecule has 0 unspecified atom stereocenters. The number of rotatable bonds is 7. The molecule has 0 bridgehead atoms. The van der Waals surface area contributed by atoms with E-state index in [0.29, 0.717) is 18.5 Å². The molecule has 4 nitrogen and oxygen atoms in total. The lowest BCUT2D eigenvalue weighted by Crippen LogP contribution is -2.30. The first-order valence-corrected chi connectivity index (χ1v) is 8.64. The number of thioether (sulfide) groups is 1. The number of amides is 1. The van der Waals surface area contributed by atoms with Crippen molar-refractivity contribution in [3.05, 3.63) is 65.5 Å². The van der Waals surface area contributed by atoms with Gasteiger partial charge in [-0.1, -0.05) is 24.3 Å². The van der Waals surface area contributed by atoms with E-state index in [2.05, 4.69) is 5.32 Å². The van der Waals surface area contributed by atoms with Crippen molar-refractivity contribution in [3.8, 4) is 0 Å². The van der Waals surface area contributed by atoms with Crippen LogP contribution in [0.15, 0.2) is 53.4 Å². The van der Waals surface area contributed by atoms with Crippen molar-refractivity contribution < 1.29 is 18.7 Å². The lowest BCUT2D eigenvalue weighted by atomic mass is 10.1. The predicted octanol–water partition coefficient (Wildman–Crippen LogP) is 3.06. The monoisotopic (exact) mass is 347 g/mol. The van der Waals surface area contributed by atoms with Crippen LogP contribution < -0.4 is 5.32 Å². The van der Waals surface area contributed by atoms with Gasteiger partial charge in [0.05, 0.1) is 5.56 Å². The zero-order chi connectivity index (χ0) is 17.4. The molecule has 0 saturated carbocycles. The first kappa shape index (κ1) is 18.0. The minimum absolute atomic E-state index is 0.291. The van der Waals surface area contributed by atoms with Gasteiger partial charge in [0.1, 0.15) is 5.82 Å². The van der Waals surface area contributed by atoms with E-state index < -0.39 is 5.97 Å². The Hall–Kier alpha value is -2.34. The third-order valence-electron chi connectivity index (χ3n) is 3.31. The number of benzene rings is 2. The fraction of sp³-hybridized carbons (Fsp3) is 0.222. The van der Waals surface area contributed by atoms with Gasteiger partial charge in [-0.15, -0.1) is 11.8 Å². The highest BCUT2D eigenvalue weighted by atomic mass is 32.2. The number of nitrogens with one attached hydrogen (secondary N) is 1. The standard InChI is InChI=1S/C18H18FNO3S/c1-24-16-5-3-2-4-15(16)18(22)23-12-17(21)20-11-10-13-6-8-14(19)9-7-13/h2-9H,10-12H2,1H3,(H,20,21). The Morgan fingerprint density at radius 3 is 2.54 bits per heavy atom. The van der Waals surface area contributed by atoms with Crippen molar-refractivity contribution in [2.75, 3.05) is 19.4 Å². The van der Waals surface area contributed by atoms with E-state index in [1.807, 2.05) is 18.4 Å². The first-order valence-electron chi connectivity index (χ1n) is 7.41. The Kier molecular flexibility index (Phi) is 6.81. The maximum atomic E-state index is 12.8. The number of esters is 1. The van der Waals surface area contributed by atoms with Gasteiger partial charge in [0.25, 0.3) is 5.91 Å². The van der Waals surface area contributed by atoms with E-state index in [-0.39, 0.29) is 18.3 Å². The minimum atomic E-state index is -0.520. The Balaban J connectivity index is 1.74. The molecule has 0 aliphatic heterocycles. The summed E-state index contributed by atoms with van der Waals surface area (Å²) in [6.07, 6.45) is 2.45. The van der Waals surface area contributed by atoms with Crippen LogP contribution in [0.3, 0.4) is 0 Å². The highest BCUT2D eigenvalue weighted by molar-refractivity contribution is 7.98. The van der Waals surface area contributed by atoms with Gasteiger partial charge >= 0.3 is 5.97 Å². The molecule has 1 amide bonds. The summed E-state index contributed by atoms with van der Waals surface area (Å²) in [5.41, 5.74) is 1.37. The van der Waals surface area contributed by atoms with Crippen LogP contribution in [-0.4, -0.2) is 31.3 Å². The summed E-state index contributed by atoms with van der Waals surface area (Å²) in [5.74, 6) is -1.18. The molecular formula is C18H18FNO3S. The van der Waals surface area contributed by atoms with Crippen LogP contribution >= 0.6 is 11.8 Å². The Morgan fingerprint density at radius 1 is 1.12 bits per heavy atom. The quantitative estimate of drug-likeness (QED) is 0.618. The number of ether oxygens (including phenoxy) is 1. The fourth-order valence-electron chi connectivity index (χ4n) is 2.07. The summed E-state index contributed by atoms with van der Waals surface area (Å²) in [6, 6.07) is 13.2. The SMILES string of the molecule is CSc1ccccc1C(=O)OCC(=O)NCCc1ccc(F)cc1. The lowest BCUT2D eigenvalue weighted by Gasteiger charge is -2.08. The number of halogens is 1. The van der Waals surface area contributed by atoms with E-state index in [1.54, 1.807) is 24.3 Å². The van der Waals surface area contributed by atoms with Crippen molar-refractivity contribution in [2.45, 2.75) is 11.3 Å². The number of hydrogen-bond donors (Lipinski definition) is 1. The van der Waals surface area contributed by atoms with E-state index >= 15 is 0 Å². The summed E-state index contributed by atoms with van der Waals surface area (Å²) in [5, 5.41) is 2.67. The van der Waals surface area contributed by atoms with Crippen molar-refractivity contribution in [3.63, 3.8) is 0 Å². The number of carbonyl (C=O) groups is 2. The molecule has 0 atom stereocenters. The van der Waals surface area contributed by atoms with Crippen LogP contribution in [0.5, 0.6) is 0 Å². The van der Waals surface area contributed by atoms with Crippen molar-refractivity contribution in [1.82, 2.24) is 5.32 Å². The molecule has 0 radical (unpaired) electrons. The van der Waals surface area contributed by atoms with E-state index in [9.17, 15) is 14.0 Å². The average Bonchev–Trinajstić information content (AvgIpc) is 2.61. The van der Waals surface area contributed by atoms with Gasteiger partial charge < -0.3 is 10.1 Å². The Morgan fingerprint density at radius 2 is 1.83 bits per heavy atom. The first-order chi connectivity index (χ1) is 11.6. The highest BCUT2D eigenvalue weighted by Gasteiger charge is 2.13. The molecular weight excluding hydrogens is 329 g/mol. The molecule has 6 heteroatoms. The zero-order valence-corrected chi connectivity index (χ0v) is 14.1. The second-order valence-corrected chi connectivity index (χ2v) is 5.85.